The van der Waals surface area contributed by atoms with E-state index >= 15 is 0 Å². The van der Waals surface area contributed by atoms with Gasteiger partial charge in [0.2, 0.25) is 0 Å². The van der Waals surface area contributed by atoms with Crippen LogP contribution in [0.15, 0.2) is 0 Å². The van der Waals surface area contributed by atoms with Crippen LogP contribution < -0.4 is 0 Å². The monoisotopic (exact) mass is 190 g/mol. The van der Waals surface area contributed by atoms with Crippen LogP contribution in [0.25, 0.3) is 0 Å². The first-order valence-corrected chi connectivity index (χ1v) is 8.32. The summed E-state index contributed by atoms with van der Waals surface area (Å²) in [6, 6.07) is 0. The minimum absolute atomic E-state index is 0.798. The van der Waals surface area contributed by atoms with E-state index in [9.17, 15) is 0 Å². The Labute approximate surface area is 63.6 Å². The van der Waals surface area contributed by atoms with Gasteiger partial charge < -0.3 is 0 Å². The molecule has 1 saturated heterocycles. The van der Waals surface area contributed by atoms with E-state index in [1.165, 1.54) is 0 Å². The predicted octanol–water partition coefficient (Wildman–Crippen LogP) is 2.72. The fourth-order valence-corrected chi connectivity index (χ4v) is 5.20. The second-order valence-corrected chi connectivity index (χ2v) is 12.0. The van der Waals surface area contributed by atoms with E-state index < -0.39 is 5.25 Å². The van der Waals surface area contributed by atoms with Gasteiger partial charge in [0.05, 0.1) is 0 Å². The van der Waals surface area contributed by atoms with Crippen molar-refractivity contribution in [2.75, 3.05) is 12.4 Å². The Bertz CT molecular complexity index is 81.4. The normalized spacial score (nSPS) is 31.8. The van der Waals surface area contributed by atoms with Crippen LogP contribution in [0.2, 0.25) is 0 Å². The van der Waals surface area contributed by atoms with Gasteiger partial charge in [-0.25, -0.2) is 0 Å². The molecule has 0 aromatic rings. The van der Waals surface area contributed by atoms with Gasteiger partial charge >= 0.3 is 63.4 Å². The van der Waals surface area contributed by atoms with E-state index in [1.807, 2.05) is 0 Å². The number of halogens is 1. The summed E-state index contributed by atoms with van der Waals surface area (Å²) in [7, 11) is 0. The van der Waals surface area contributed by atoms with Gasteiger partial charge in [-0.2, -0.15) is 0 Å². The average Bonchev–Trinajstić information content (AvgIpc) is 1.65. The first-order chi connectivity index (χ1) is 3.71. The van der Waals surface area contributed by atoms with Crippen molar-refractivity contribution >= 4 is 40.1 Å². The summed E-state index contributed by atoms with van der Waals surface area (Å²) in [5.41, 5.74) is 0. The van der Waals surface area contributed by atoms with Crippen LogP contribution in [0.3, 0.4) is 0 Å². The van der Waals surface area contributed by atoms with Crippen LogP contribution in [-0.4, -0.2) is 12.4 Å². The van der Waals surface area contributed by atoms with Crippen molar-refractivity contribution in [2.45, 2.75) is 6.42 Å². The van der Waals surface area contributed by atoms with Gasteiger partial charge in [0.1, 0.15) is 0 Å². The van der Waals surface area contributed by atoms with E-state index in [4.69, 9.17) is 15.8 Å². The molecule has 0 amide bonds. The summed E-state index contributed by atoms with van der Waals surface area (Å²) in [6.07, 6.45) is 1.12. The third-order valence-electron chi connectivity index (χ3n) is 0.849. The number of hydrogen-bond acceptors (Lipinski definition) is 3. The van der Waals surface area contributed by atoms with Crippen molar-refractivity contribution in [3.05, 3.63) is 0 Å². The Balaban J connectivity index is 2.33. The summed E-state index contributed by atoms with van der Waals surface area (Å²) < 4.78 is 5.20. The number of hydrogen-bond donors (Lipinski definition) is 1. The first-order valence-electron chi connectivity index (χ1n) is 2.40. The molecule has 0 aromatic carbocycles. The zero-order valence-corrected chi connectivity index (χ0v) is 7.73. The van der Waals surface area contributed by atoms with E-state index in [0.717, 1.165) is 18.8 Å². The molecule has 0 saturated carbocycles. The van der Waals surface area contributed by atoms with Crippen molar-refractivity contribution in [3.8, 4) is 0 Å². The van der Waals surface area contributed by atoms with Crippen LogP contribution in [-0.2, 0) is 4.52 Å². The van der Waals surface area contributed by atoms with Crippen LogP contribution in [0.4, 0.5) is 0 Å². The molecule has 1 heterocycles. The van der Waals surface area contributed by atoms with Crippen molar-refractivity contribution in [1.29, 1.82) is 0 Å². The average molecular weight is 191 g/mol. The van der Waals surface area contributed by atoms with Gasteiger partial charge in [0.25, 0.3) is 0 Å². The molecule has 0 spiro atoms. The van der Waals surface area contributed by atoms with Crippen LogP contribution in [0, 0.1) is 0 Å². The molecule has 0 aromatic heterocycles. The van der Waals surface area contributed by atoms with Gasteiger partial charge in [0.15, 0.2) is 0 Å². The second kappa shape index (κ2) is 2.98. The Morgan fingerprint density at radius 1 is 1.75 bits per heavy atom. The van der Waals surface area contributed by atoms with Crippen molar-refractivity contribution in [2.24, 2.45) is 0 Å². The second-order valence-electron chi connectivity index (χ2n) is 1.56. The number of thiol groups is 1. The molecule has 0 bridgehead atoms. The van der Waals surface area contributed by atoms with Crippen molar-refractivity contribution in [3.63, 3.8) is 0 Å². The molecule has 0 radical (unpaired) electrons. The van der Waals surface area contributed by atoms with Crippen molar-refractivity contribution < 1.29 is 4.52 Å². The van der Waals surface area contributed by atoms with Gasteiger partial charge in [-0.3, -0.25) is 0 Å². The molecule has 0 N–H and O–H groups in total. The maximum atomic E-state index is 5.82. The third-order valence-corrected chi connectivity index (χ3v) is 7.15. The molecule has 50 valence electrons. The van der Waals surface area contributed by atoms with Crippen LogP contribution in [0.1, 0.15) is 6.42 Å². The maximum absolute atomic E-state index is 5.82. The van der Waals surface area contributed by atoms with Crippen LogP contribution >= 0.6 is 40.1 Å². The molecule has 5 heteroatoms. The molecule has 1 nitrogen and oxygen atoms in total. The SMILES string of the molecule is S[PH]1(Cl)OCCCS1. The summed E-state index contributed by atoms with van der Waals surface area (Å²) in [5.74, 6) is 1.11. The summed E-state index contributed by atoms with van der Waals surface area (Å²) in [5, 5.41) is -2.01. The van der Waals surface area contributed by atoms with Gasteiger partial charge in [0, 0.05) is 0 Å². The topological polar surface area (TPSA) is 9.23 Å². The quantitative estimate of drug-likeness (QED) is 0.465. The molecule has 0 unspecified atom stereocenters. The molecule has 8 heavy (non-hydrogen) atoms. The molecular formula is C3H8ClOPS2. The Hall–Kier alpha value is 1.38. The first kappa shape index (κ1) is 7.49. The van der Waals surface area contributed by atoms with E-state index in [-0.39, 0.29) is 0 Å². The van der Waals surface area contributed by atoms with Crippen molar-refractivity contribution in [1.82, 2.24) is 0 Å². The van der Waals surface area contributed by atoms with Gasteiger partial charge in [-0.15, -0.1) is 0 Å². The van der Waals surface area contributed by atoms with Crippen LogP contribution in [0.5, 0.6) is 0 Å². The number of rotatable bonds is 0. The van der Waals surface area contributed by atoms with E-state index in [0.29, 0.717) is 0 Å². The zero-order valence-electron chi connectivity index (χ0n) is 4.26. The summed E-state index contributed by atoms with van der Waals surface area (Å²) in [4.78, 5) is 0. The summed E-state index contributed by atoms with van der Waals surface area (Å²) >= 11 is 11.6. The Morgan fingerprint density at radius 2 is 2.50 bits per heavy atom. The minimum atomic E-state index is -2.01. The molecule has 0 aliphatic carbocycles. The molecule has 1 aliphatic heterocycles. The molecule has 1 aliphatic rings. The van der Waals surface area contributed by atoms with E-state index in [1.54, 1.807) is 11.4 Å². The van der Waals surface area contributed by atoms with E-state index in [2.05, 4.69) is 12.2 Å². The van der Waals surface area contributed by atoms with Gasteiger partial charge in [-0.1, -0.05) is 0 Å². The third kappa shape index (κ3) is 2.32. The summed E-state index contributed by atoms with van der Waals surface area (Å²) in [6.45, 7) is 0.798. The molecule has 1 fully saturated rings. The van der Waals surface area contributed by atoms with Gasteiger partial charge in [-0.05, 0) is 0 Å². The molecular weight excluding hydrogens is 183 g/mol. The fourth-order valence-electron chi connectivity index (χ4n) is 0.497. The Morgan fingerprint density at radius 3 is 2.75 bits per heavy atom. The zero-order chi connectivity index (χ0) is 6.04. The molecule has 0 atom stereocenters. The fraction of sp³-hybridized carbons (Fsp3) is 1.00. The molecule has 1 rings (SSSR count). The Kier molecular flexibility index (Phi) is 2.79. The predicted molar refractivity (Wildman–Crippen MR) is 46.2 cm³/mol. The standard InChI is InChI=1S/C3H8ClOPS2/c4-6(7)5-2-1-3-8-6/h6-7H,1-3H2.